The number of guanidine groups is 1. The lowest BCUT2D eigenvalue weighted by molar-refractivity contribution is -0.114. The number of hydrogen-bond donors (Lipinski definition) is 3. The van der Waals surface area contributed by atoms with Crippen LogP contribution in [0, 0.1) is 0 Å². The van der Waals surface area contributed by atoms with Crippen LogP contribution < -0.4 is 16.0 Å². The van der Waals surface area contributed by atoms with Gasteiger partial charge in [0.1, 0.15) is 0 Å². The van der Waals surface area contributed by atoms with Crippen LogP contribution in [0.4, 0.5) is 11.4 Å². The predicted molar refractivity (Wildman–Crippen MR) is 119 cm³/mol. The van der Waals surface area contributed by atoms with Gasteiger partial charge in [0.05, 0.1) is 6.54 Å². The number of aliphatic imine (C=N–C) groups is 1. The number of nitrogens with zero attached hydrogens (tertiary/aromatic N) is 2. The van der Waals surface area contributed by atoms with Crippen molar-refractivity contribution in [2.75, 3.05) is 10.6 Å². The highest BCUT2D eigenvalue weighted by atomic mass is 35.5. The first kappa shape index (κ1) is 21.0. The zero-order valence-corrected chi connectivity index (χ0v) is 17.0. The lowest BCUT2D eigenvalue weighted by Crippen LogP contribution is -2.36. The van der Waals surface area contributed by atoms with Gasteiger partial charge in [0.25, 0.3) is 5.91 Å². The Kier molecular flexibility index (Phi) is 7.13. The van der Waals surface area contributed by atoms with Crippen molar-refractivity contribution in [3.8, 4) is 0 Å². The van der Waals surface area contributed by atoms with E-state index < -0.39 is 0 Å². The van der Waals surface area contributed by atoms with E-state index in [9.17, 15) is 9.59 Å². The molecule has 0 spiro atoms. The number of hydrogen-bond acceptors (Lipinski definition) is 4. The van der Waals surface area contributed by atoms with E-state index in [2.05, 4.69) is 25.9 Å². The maximum atomic E-state index is 12.8. The third kappa shape index (κ3) is 6.42. The summed E-state index contributed by atoms with van der Waals surface area (Å²) in [5.74, 6) is -0.316. The zero-order valence-electron chi connectivity index (χ0n) is 16.2. The van der Waals surface area contributed by atoms with Gasteiger partial charge in [0, 0.05) is 41.3 Å². The lowest BCUT2D eigenvalue weighted by atomic mass is 10.2. The summed E-state index contributed by atoms with van der Waals surface area (Å²) in [5.41, 5.74) is 2.54. The first-order valence-electron chi connectivity index (χ1n) is 9.14. The van der Waals surface area contributed by atoms with Gasteiger partial charge in [-0.2, -0.15) is 0 Å². The molecule has 2 aromatic carbocycles. The molecule has 1 heterocycles. The Bertz CT molecular complexity index is 1070. The second-order valence-electron chi connectivity index (χ2n) is 6.37. The number of nitrogens with one attached hydrogen (secondary N) is 3. The number of amides is 2. The Hall–Kier alpha value is -3.71. The average Bonchev–Trinajstić information content (AvgIpc) is 2.72. The van der Waals surface area contributed by atoms with Crippen LogP contribution in [0.15, 0.2) is 78.0 Å². The first-order chi connectivity index (χ1) is 14.5. The van der Waals surface area contributed by atoms with Crippen LogP contribution in [0.1, 0.15) is 22.8 Å². The fourth-order valence-corrected chi connectivity index (χ4v) is 2.78. The monoisotopic (exact) mass is 421 g/mol. The highest BCUT2D eigenvalue weighted by Crippen LogP contribution is 2.15. The van der Waals surface area contributed by atoms with Crippen molar-refractivity contribution >= 4 is 40.7 Å². The number of pyridine rings is 1. The number of carbonyl (C=O) groups excluding carboxylic acids is 2. The Morgan fingerprint density at radius 2 is 1.67 bits per heavy atom. The lowest BCUT2D eigenvalue weighted by Gasteiger charge is -2.13. The number of aromatic nitrogens is 1. The molecule has 0 atom stereocenters. The fourth-order valence-electron chi connectivity index (χ4n) is 2.59. The van der Waals surface area contributed by atoms with Crippen LogP contribution >= 0.6 is 11.6 Å². The minimum atomic E-state index is -0.370. The Morgan fingerprint density at radius 3 is 2.37 bits per heavy atom. The molecule has 0 saturated carbocycles. The summed E-state index contributed by atoms with van der Waals surface area (Å²) in [6, 6.07) is 17.4. The molecule has 3 rings (SSSR count). The Morgan fingerprint density at radius 1 is 0.967 bits per heavy atom. The molecule has 0 aliphatic rings. The molecule has 0 saturated heterocycles. The number of anilines is 2. The van der Waals surface area contributed by atoms with Gasteiger partial charge in [0.2, 0.25) is 11.9 Å². The van der Waals surface area contributed by atoms with Crippen molar-refractivity contribution in [1.82, 2.24) is 10.3 Å². The Labute approximate surface area is 179 Å². The van der Waals surface area contributed by atoms with Gasteiger partial charge in [-0.15, -0.1) is 0 Å². The summed E-state index contributed by atoms with van der Waals surface area (Å²) in [4.78, 5) is 32.5. The summed E-state index contributed by atoms with van der Waals surface area (Å²) < 4.78 is 0. The SMILES string of the molecule is CC(=O)Nc1cccc(C(=O)NC(=NCc2ccncc2)Nc2cccc(Cl)c2)c1. The van der Waals surface area contributed by atoms with E-state index >= 15 is 0 Å². The van der Waals surface area contributed by atoms with Crippen LogP contribution in [0.25, 0.3) is 0 Å². The largest absolute Gasteiger partial charge is 0.326 e. The van der Waals surface area contributed by atoms with Gasteiger partial charge in [-0.3, -0.25) is 19.9 Å². The van der Waals surface area contributed by atoms with E-state index in [1.807, 2.05) is 18.2 Å². The summed E-state index contributed by atoms with van der Waals surface area (Å²) in [5, 5.41) is 9.09. The first-order valence-corrected chi connectivity index (χ1v) is 9.52. The molecule has 2 amide bonds. The van der Waals surface area contributed by atoms with E-state index in [4.69, 9.17) is 11.6 Å². The summed E-state index contributed by atoms with van der Waals surface area (Å²) >= 11 is 6.05. The van der Waals surface area contributed by atoms with E-state index in [1.165, 1.54) is 6.92 Å². The van der Waals surface area contributed by atoms with Crippen LogP contribution in [0.2, 0.25) is 5.02 Å². The molecule has 8 heteroatoms. The smallest absolute Gasteiger partial charge is 0.258 e. The van der Waals surface area contributed by atoms with Crippen molar-refractivity contribution in [2.24, 2.45) is 4.99 Å². The van der Waals surface area contributed by atoms with Crippen molar-refractivity contribution in [2.45, 2.75) is 13.5 Å². The van der Waals surface area contributed by atoms with Gasteiger partial charge in [-0.25, -0.2) is 4.99 Å². The molecule has 152 valence electrons. The van der Waals surface area contributed by atoms with E-state index in [0.29, 0.717) is 28.5 Å². The topological polar surface area (TPSA) is 95.5 Å². The van der Waals surface area contributed by atoms with E-state index in [1.54, 1.807) is 54.9 Å². The van der Waals surface area contributed by atoms with Crippen LogP contribution in [0.5, 0.6) is 0 Å². The van der Waals surface area contributed by atoms with Crippen molar-refractivity contribution in [1.29, 1.82) is 0 Å². The predicted octanol–water partition coefficient (Wildman–Crippen LogP) is 4.09. The van der Waals surface area contributed by atoms with Gasteiger partial charge < -0.3 is 10.6 Å². The molecule has 0 radical (unpaired) electrons. The number of carbonyl (C=O) groups is 2. The average molecular weight is 422 g/mol. The molecule has 1 aromatic heterocycles. The van der Waals surface area contributed by atoms with Crippen LogP contribution in [-0.4, -0.2) is 22.8 Å². The van der Waals surface area contributed by atoms with Crippen molar-refractivity contribution in [3.63, 3.8) is 0 Å². The molecule has 0 unspecified atom stereocenters. The van der Waals surface area contributed by atoms with Crippen LogP contribution in [-0.2, 0) is 11.3 Å². The third-order valence-corrected chi connectivity index (χ3v) is 4.17. The Balaban J connectivity index is 1.80. The fraction of sp³-hybridized carbons (Fsp3) is 0.0909. The molecule has 3 N–H and O–H groups in total. The van der Waals surface area contributed by atoms with Gasteiger partial charge in [0.15, 0.2) is 0 Å². The van der Waals surface area contributed by atoms with Crippen LogP contribution in [0.3, 0.4) is 0 Å². The van der Waals surface area contributed by atoms with E-state index in [-0.39, 0.29) is 17.8 Å². The standard InChI is InChI=1S/C22H20ClN5O2/c1-15(29)26-19-6-2-4-17(12-19)21(30)28-22(25-14-16-8-10-24-11-9-16)27-20-7-3-5-18(23)13-20/h2-13H,14H2,1H3,(H,26,29)(H2,25,27,28,30). The molecule has 7 nitrogen and oxygen atoms in total. The third-order valence-electron chi connectivity index (χ3n) is 3.93. The van der Waals surface area contributed by atoms with Crippen molar-refractivity contribution in [3.05, 3.63) is 89.2 Å². The minimum absolute atomic E-state index is 0.213. The molecule has 0 bridgehead atoms. The highest BCUT2D eigenvalue weighted by molar-refractivity contribution is 6.31. The molecular formula is C22H20ClN5O2. The molecule has 30 heavy (non-hydrogen) atoms. The molecule has 3 aromatic rings. The molecule has 0 aliphatic heterocycles. The van der Waals surface area contributed by atoms with Crippen molar-refractivity contribution < 1.29 is 9.59 Å². The number of halogens is 1. The summed E-state index contributed by atoms with van der Waals surface area (Å²) in [6.07, 6.45) is 3.36. The maximum absolute atomic E-state index is 12.8. The summed E-state index contributed by atoms with van der Waals surface area (Å²) in [6.45, 7) is 1.75. The van der Waals surface area contributed by atoms with Gasteiger partial charge in [-0.1, -0.05) is 23.7 Å². The molecule has 0 fully saturated rings. The maximum Gasteiger partial charge on any atom is 0.258 e. The molecule has 0 aliphatic carbocycles. The molecular weight excluding hydrogens is 402 g/mol. The quantitative estimate of drug-likeness (QED) is 0.427. The zero-order chi connectivity index (χ0) is 21.3. The second-order valence-corrected chi connectivity index (χ2v) is 6.81. The number of rotatable bonds is 5. The highest BCUT2D eigenvalue weighted by Gasteiger charge is 2.11. The normalized spacial score (nSPS) is 10.9. The summed E-state index contributed by atoms with van der Waals surface area (Å²) in [7, 11) is 0. The van der Waals surface area contributed by atoms with E-state index in [0.717, 1.165) is 5.56 Å². The van der Waals surface area contributed by atoms with Gasteiger partial charge >= 0.3 is 0 Å². The number of benzene rings is 2. The second kappa shape index (κ2) is 10.2. The van der Waals surface area contributed by atoms with Gasteiger partial charge in [-0.05, 0) is 54.1 Å². The minimum Gasteiger partial charge on any atom is -0.326 e.